The summed E-state index contributed by atoms with van der Waals surface area (Å²) in [4.78, 5) is 23.1. The van der Waals surface area contributed by atoms with Gasteiger partial charge in [-0.15, -0.1) is 0 Å². The molecule has 0 heterocycles. The van der Waals surface area contributed by atoms with Gasteiger partial charge in [-0.05, 0) is 66.9 Å². The van der Waals surface area contributed by atoms with E-state index >= 15 is 0 Å². The highest BCUT2D eigenvalue weighted by Crippen LogP contribution is 2.29. The van der Waals surface area contributed by atoms with Crippen LogP contribution in [0.5, 0.6) is 5.75 Å². The molecule has 0 saturated carbocycles. The van der Waals surface area contributed by atoms with Crippen LogP contribution in [0.2, 0.25) is 5.02 Å². The third-order valence-electron chi connectivity index (χ3n) is 3.01. The van der Waals surface area contributed by atoms with E-state index in [0.717, 1.165) is 11.1 Å². The summed E-state index contributed by atoms with van der Waals surface area (Å²) in [7, 11) is 0. The minimum atomic E-state index is -1.52. The predicted molar refractivity (Wildman–Crippen MR) is 80.7 cm³/mol. The number of Topliss-reactive ketones (excluding diaryl/α,β-unsaturated/α-hetero) is 1. The first kappa shape index (κ1) is 17.0. The summed E-state index contributed by atoms with van der Waals surface area (Å²) >= 11 is 9.13. The van der Waals surface area contributed by atoms with E-state index in [1.54, 1.807) is 12.1 Å². The van der Waals surface area contributed by atoms with Crippen molar-refractivity contribution in [1.29, 1.82) is 0 Å². The number of halogens is 2. The molecule has 1 aromatic carbocycles. The van der Waals surface area contributed by atoms with Crippen molar-refractivity contribution in [3.05, 3.63) is 28.3 Å². The van der Waals surface area contributed by atoms with Crippen LogP contribution in [0, 0.1) is 19.3 Å². The molecule has 1 unspecified atom stereocenters. The number of aryl methyl sites for hydroxylation is 2. The molecule has 0 aliphatic carbocycles. The van der Waals surface area contributed by atoms with Gasteiger partial charge in [-0.25, -0.2) is 0 Å². The Hall–Kier alpha value is -1.07. The van der Waals surface area contributed by atoms with Crippen LogP contribution in [0.4, 0.5) is 0 Å². The van der Waals surface area contributed by atoms with Crippen molar-refractivity contribution in [3.8, 4) is 5.75 Å². The second-order valence-electron chi connectivity index (χ2n) is 5.10. The third-order valence-corrected chi connectivity index (χ3v) is 4.21. The van der Waals surface area contributed by atoms with E-state index in [4.69, 9.17) is 21.4 Å². The van der Waals surface area contributed by atoms with Crippen LogP contribution in [-0.4, -0.2) is 21.9 Å². The molecular weight excluding hydrogens is 348 g/mol. The van der Waals surface area contributed by atoms with Gasteiger partial charge in [0.05, 0.1) is 0 Å². The lowest BCUT2D eigenvalue weighted by Crippen LogP contribution is -2.40. The fourth-order valence-electron chi connectivity index (χ4n) is 1.54. The summed E-state index contributed by atoms with van der Waals surface area (Å²) in [6.07, 6.45) is 0. The highest BCUT2D eigenvalue weighted by atomic mass is 79.9. The molecule has 1 aromatic rings. The second kappa shape index (κ2) is 6.14. The van der Waals surface area contributed by atoms with E-state index in [2.05, 4.69) is 15.9 Å². The zero-order chi connectivity index (χ0) is 15.7. The van der Waals surface area contributed by atoms with Crippen molar-refractivity contribution in [2.45, 2.75) is 32.7 Å². The van der Waals surface area contributed by atoms with Gasteiger partial charge in [-0.1, -0.05) is 11.6 Å². The van der Waals surface area contributed by atoms with E-state index in [1.807, 2.05) is 13.8 Å². The fourth-order valence-corrected chi connectivity index (χ4v) is 2.43. The largest absolute Gasteiger partial charge is 0.481 e. The average molecular weight is 364 g/mol. The Morgan fingerprint density at radius 1 is 1.30 bits per heavy atom. The Kier molecular flexibility index (Phi) is 5.21. The number of rotatable bonds is 5. The minimum absolute atomic E-state index is 0.459. The maximum atomic E-state index is 12.1. The van der Waals surface area contributed by atoms with E-state index in [1.165, 1.54) is 13.8 Å². The molecule has 6 heteroatoms. The van der Waals surface area contributed by atoms with Crippen LogP contribution < -0.4 is 4.74 Å². The van der Waals surface area contributed by atoms with E-state index in [9.17, 15) is 9.59 Å². The quantitative estimate of drug-likeness (QED) is 0.639. The van der Waals surface area contributed by atoms with Crippen molar-refractivity contribution in [3.63, 3.8) is 0 Å². The maximum Gasteiger partial charge on any atom is 0.316 e. The van der Waals surface area contributed by atoms with E-state index in [0.29, 0.717) is 10.8 Å². The summed E-state index contributed by atoms with van der Waals surface area (Å²) < 4.78 is 5.47. The maximum absolute atomic E-state index is 12.1. The zero-order valence-electron chi connectivity index (χ0n) is 11.7. The Labute approximate surface area is 131 Å². The van der Waals surface area contributed by atoms with Gasteiger partial charge in [0, 0.05) is 5.02 Å². The van der Waals surface area contributed by atoms with Crippen molar-refractivity contribution in [2.24, 2.45) is 5.41 Å². The summed E-state index contributed by atoms with van der Waals surface area (Å²) in [5, 5.41) is 8.64. The van der Waals surface area contributed by atoms with Gasteiger partial charge in [0.1, 0.15) is 11.2 Å². The summed E-state index contributed by atoms with van der Waals surface area (Å²) in [6.45, 7) is 6.34. The van der Waals surface area contributed by atoms with E-state index < -0.39 is 22.2 Å². The van der Waals surface area contributed by atoms with Crippen molar-refractivity contribution in [1.82, 2.24) is 0 Å². The lowest BCUT2D eigenvalue weighted by molar-refractivity contribution is -0.153. The van der Waals surface area contributed by atoms with Crippen molar-refractivity contribution in [2.75, 3.05) is 0 Å². The molecule has 0 fully saturated rings. The number of carboxylic acids is 1. The number of ketones is 1. The van der Waals surface area contributed by atoms with E-state index in [-0.39, 0.29) is 0 Å². The summed E-state index contributed by atoms with van der Waals surface area (Å²) in [5.74, 6) is -1.30. The highest BCUT2D eigenvalue weighted by Gasteiger charge is 2.40. The molecule has 1 N–H and O–H groups in total. The monoisotopic (exact) mass is 362 g/mol. The molecule has 1 atom stereocenters. The van der Waals surface area contributed by atoms with Gasteiger partial charge in [0.25, 0.3) is 0 Å². The number of ether oxygens (including phenoxy) is 1. The predicted octanol–water partition coefficient (Wildman–Crippen LogP) is 3.74. The SMILES string of the molecule is Cc1cc(OC(Br)C(=O)C(C)(C)C(=O)O)cc(C)c1Cl. The van der Waals surface area contributed by atoms with Crippen LogP contribution in [0.1, 0.15) is 25.0 Å². The van der Waals surface area contributed by atoms with Crippen molar-refractivity contribution >= 4 is 39.3 Å². The normalized spacial score (nSPS) is 12.9. The smallest absolute Gasteiger partial charge is 0.316 e. The molecule has 0 bridgehead atoms. The topological polar surface area (TPSA) is 63.6 Å². The average Bonchev–Trinajstić information content (AvgIpc) is 2.34. The molecule has 0 amide bonds. The number of benzene rings is 1. The first-order valence-corrected chi connectivity index (χ1v) is 7.22. The Bertz CT molecular complexity index is 531. The number of carboxylic acid groups (broad SMARTS) is 1. The first-order valence-electron chi connectivity index (χ1n) is 5.92. The minimum Gasteiger partial charge on any atom is -0.481 e. The molecule has 1 rings (SSSR count). The molecule has 0 radical (unpaired) electrons. The Morgan fingerprint density at radius 3 is 2.15 bits per heavy atom. The molecule has 0 aliphatic rings. The number of aliphatic carboxylic acids is 1. The standard InChI is InChI=1S/C14H16BrClO4/c1-7-5-9(6-8(2)10(7)16)20-12(15)11(17)14(3,4)13(18)19/h5-6,12H,1-4H3,(H,18,19). The van der Waals surface area contributed by atoms with Crippen LogP contribution in [0.15, 0.2) is 12.1 Å². The van der Waals surface area contributed by atoms with Gasteiger partial charge in [0.15, 0.2) is 0 Å². The molecule has 0 aliphatic heterocycles. The Morgan fingerprint density at radius 2 is 1.75 bits per heavy atom. The van der Waals surface area contributed by atoms with Crippen molar-refractivity contribution < 1.29 is 19.4 Å². The number of alkyl halides is 1. The lowest BCUT2D eigenvalue weighted by atomic mass is 9.89. The van der Waals surface area contributed by atoms with Gasteiger partial charge in [-0.3, -0.25) is 9.59 Å². The molecule has 110 valence electrons. The zero-order valence-corrected chi connectivity index (χ0v) is 14.0. The first-order chi connectivity index (χ1) is 9.07. The van der Waals surface area contributed by atoms with Gasteiger partial charge < -0.3 is 9.84 Å². The molecule has 0 aromatic heterocycles. The number of carbonyl (C=O) groups is 2. The van der Waals surface area contributed by atoms with Crippen LogP contribution in [0.25, 0.3) is 0 Å². The lowest BCUT2D eigenvalue weighted by Gasteiger charge is -2.22. The summed E-state index contributed by atoms with van der Waals surface area (Å²) in [5.41, 5.74) is 0.127. The fraction of sp³-hybridized carbons (Fsp3) is 0.429. The number of carbonyl (C=O) groups excluding carboxylic acids is 1. The van der Waals surface area contributed by atoms with Crippen LogP contribution >= 0.6 is 27.5 Å². The van der Waals surface area contributed by atoms with Gasteiger partial charge in [-0.2, -0.15) is 0 Å². The van der Waals surface area contributed by atoms with Crippen LogP contribution in [0.3, 0.4) is 0 Å². The van der Waals surface area contributed by atoms with Crippen LogP contribution in [-0.2, 0) is 9.59 Å². The highest BCUT2D eigenvalue weighted by molar-refractivity contribution is 9.09. The summed E-state index contributed by atoms with van der Waals surface area (Å²) in [6, 6.07) is 3.40. The molecular formula is C14H16BrClO4. The van der Waals surface area contributed by atoms with Gasteiger partial charge in [0.2, 0.25) is 10.8 Å². The number of hydrogen-bond acceptors (Lipinski definition) is 3. The molecule has 0 spiro atoms. The molecule has 20 heavy (non-hydrogen) atoms. The number of hydrogen-bond donors (Lipinski definition) is 1. The third kappa shape index (κ3) is 3.52. The Balaban J connectivity index is 2.94. The second-order valence-corrected chi connectivity index (χ2v) is 6.31. The van der Waals surface area contributed by atoms with Gasteiger partial charge >= 0.3 is 5.97 Å². The molecule has 4 nitrogen and oxygen atoms in total. The molecule has 0 saturated heterocycles.